The van der Waals surface area contributed by atoms with Crippen molar-refractivity contribution >= 4 is 44.8 Å². The highest BCUT2D eigenvalue weighted by molar-refractivity contribution is 7.98. The molecule has 5 nitrogen and oxygen atoms in total. The molecule has 0 unspecified atom stereocenters. The fourth-order valence-electron chi connectivity index (χ4n) is 2.13. The number of nitrogens with zero attached hydrogens (tertiary/aromatic N) is 3. The molecular weight excluding hydrogens is 354 g/mol. The normalized spacial score (nSPS) is 11.4. The molecule has 0 saturated heterocycles. The molecule has 116 valence electrons. The van der Waals surface area contributed by atoms with Crippen molar-refractivity contribution < 1.29 is 8.94 Å². The van der Waals surface area contributed by atoms with Gasteiger partial charge in [-0.2, -0.15) is 0 Å². The summed E-state index contributed by atoms with van der Waals surface area (Å²) < 4.78 is 11.8. The van der Waals surface area contributed by atoms with Crippen LogP contribution < -0.4 is 0 Å². The molecule has 0 radical (unpaired) electrons. The second-order valence-corrected chi connectivity index (χ2v) is 7.19. The topological polar surface area (TPSA) is 65.0 Å². The predicted octanol–water partition coefficient (Wildman–Crippen LogP) is 5.19. The van der Waals surface area contributed by atoms with E-state index < -0.39 is 0 Å². The maximum absolute atomic E-state index is 6.43. The summed E-state index contributed by atoms with van der Waals surface area (Å²) in [5.74, 6) is 1.83. The van der Waals surface area contributed by atoms with E-state index in [4.69, 9.17) is 20.5 Å². The summed E-state index contributed by atoms with van der Waals surface area (Å²) in [7, 11) is 0. The molecule has 0 fully saturated rings. The fraction of sp³-hybridized carbons (Fsp3) is 0.133. The number of aryl methyl sites for hydroxylation is 1. The predicted molar refractivity (Wildman–Crippen MR) is 90.9 cm³/mol. The van der Waals surface area contributed by atoms with Crippen LogP contribution >= 0.6 is 34.7 Å². The molecule has 0 aliphatic heterocycles. The Morgan fingerprint density at radius 1 is 1.26 bits per heavy atom. The largest absolute Gasteiger partial charge is 0.410 e. The Labute approximate surface area is 144 Å². The van der Waals surface area contributed by atoms with Crippen molar-refractivity contribution in [3.8, 4) is 10.8 Å². The molecule has 4 aromatic rings. The summed E-state index contributed by atoms with van der Waals surface area (Å²) in [4.78, 5) is 0.796. The number of halogens is 1. The first-order chi connectivity index (χ1) is 11.2. The van der Waals surface area contributed by atoms with E-state index in [9.17, 15) is 0 Å². The van der Waals surface area contributed by atoms with Crippen LogP contribution in [0.2, 0.25) is 5.02 Å². The van der Waals surface area contributed by atoms with Gasteiger partial charge in [0.05, 0.1) is 10.7 Å². The molecular formula is C15H10ClN3O2S2. The third-order valence-corrected chi connectivity index (χ3v) is 5.67. The first kappa shape index (κ1) is 14.7. The van der Waals surface area contributed by atoms with E-state index in [1.165, 1.54) is 11.8 Å². The summed E-state index contributed by atoms with van der Waals surface area (Å²) in [6.07, 6.45) is 0. The lowest BCUT2D eigenvalue weighted by Crippen LogP contribution is -1.79. The van der Waals surface area contributed by atoms with E-state index in [1.807, 2.05) is 37.3 Å². The van der Waals surface area contributed by atoms with Crippen molar-refractivity contribution in [2.75, 3.05) is 0 Å². The number of hydrogen-bond acceptors (Lipinski definition) is 7. The van der Waals surface area contributed by atoms with Gasteiger partial charge in [-0.1, -0.05) is 46.7 Å². The number of benzene rings is 1. The number of thioether (sulfide) groups is 1. The van der Waals surface area contributed by atoms with Crippen LogP contribution in [0, 0.1) is 6.92 Å². The Morgan fingerprint density at radius 2 is 2.13 bits per heavy atom. The first-order valence-electron chi connectivity index (χ1n) is 6.76. The summed E-state index contributed by atoms with van der Waals surface area (Å²) in [6, 6.07) is 9.83. The molecule has 0 N–H and O–H groups in total. The van der Waals surface area contributed by atoms with Crippen molar-refractivity contribution in [2.24, 2.45) is 0 Å². The maximum Gasteiger partial charge on any atom is 0.277 e. The third kappa shape index (κ3) is 2.87. The maximum atomic E-state index is 6.43. The average Bonchev–Trinajstić information content (AvgIpc) is 3.25. The number of hydrogen-bond donors (Lipinski definition) is 0. The monoisotopic (exact) mass is 363 g/mol. The molecule has 0 bridgehead atoms. The van der Waals surface area contributed by atoms with E-state index >= 15 is 0 Å². The molecule has 0 saturated carbocycles. The highest BCUT2D eigenvalue weighted by atomic mass is 35.5. The average molecular weight is 364 g/mol. The number of rotatable bonds is 4. The molecule has 0 amide bonds. The van der Waals surface area contributed by atoms with E-state index in [2.05, 4.69) is 15.4 Å². The first-order valence-corrected chi connectivity index (χ1v) is 8.94. The van der Waals surface area contributed by atoms with Gasteiger partial charge in [-0.15, -0.1) is 21.5 Å². The van der Waals surface area contributed by atoms with Crippen LogP contribution in [-0.4, -0.2) is 15.4 Å². The Kier molecular flexibility index (Phi) is 3.84. The van der Waals surface area contributed by atoms with Gasteiger partial charge < -0.3 is 8.94 Å². The zero-order chi connectivity index (χ0) is 15.8. The van der Waals surface area contributed by atoms with Gasteiger partial charge in [-0.3, -0.25) is 0 Å². The van der Waals surface area contributed by atoms with Gasteiger partial charge >= 0.3 is 0 Å². The SMILES string of the molecule is Cc1cc(CSc2nnc(-c3sc4ccccc4c3Cl)o2)no1. The summed E-state index contributed by atoms with van der Waals surface area (Å²) >= 11 is 9.39. The summed E-state index contributed by atoms with van der Waals surface area (Å²) in [5.41, 5.74) is 0.840. The summed E-state index contributed by atoms with van der Waals surface area (Å²) in [5, 5.41) is 14.2. The number of thiophene rings is 1. The van der Waals surface area contributed by atoms with Crippen molar-refractivity contribution in [1.29, 1.82) is 0 Å². The molecule has 0 atom stereocenters. The van der Waals surface area contributed by atoms with Crippen LogP contribution in [0.15, 0.2) is 44.5 Å². The lowest BCUT2D eigenvalue weighted by molar-refractivity contribution is 0.392. The second-order valence-electron chi connectivity index (χ2n) is 4.83. The Morgan fingerprint density at radius 3 is 2.91 bits per heavy atom. The van der Waals surface area contributed by atoms with Crippen LogP contribution in [0.25, 0.3) is 20.9 Å². The van der Waals surface area contributed by atoms with Gasteiger partial charge in [0, 0.05) is 21.9 Å². The van der Waals surface area contributed by atoms with Gasteiger partial charge in [-0.25, -0.2) is 0 Å². The van der Waals surface area contributed by atoms with Gasteiger partial charge in [0.1, 0.15) is 10.6 Å². The van der Waals surface area contributed by atoms with Gasteiger partial charge in [0.2, 0.25) is 0 Å². The smallest absolute Gasteiger partial charge is 0.277 e. The summed E-state index contributed by atoms with van der Waals surface area (Å²) in [6.45, 7) is 1.86. The third-order valence-electron chi connectivity index (χ3n) is 3.16. The Balaban J connectivity index is 1.58. The highest BCUT2D eigenvalue weighted by Crippen LogP contribution is 2.41. The minimum Gasteiger partial charge on any atom is -0.410 e. The molecule has 4 rings (SSSR count). The van der Waals surface area contributed by atoms with Gasteiger partial charge in [0.15, 0.2) is 0 Å². The second kappa shape index (κ2) is 5.99. The Bertz CT molecular complexity index is 976. The van der Waals surface area contributed by atoms with Crippen LogP contribution in [0.5, 0.6) is 0 Å². The fourth-order valence-corrected chi connectivity index (χ4v) is 4.21. The molecule has 3 heterocycles. The van der Waals surface area contributed by atoms with Crippen molar-refractivity contribution in [2.45, 2.75) is 17.9 Å². The Hall–Kier alpha value is -1.83. The zero-order valence-corrected chi connectivity index (χ0v) is 14.3. The molecule has 0 aliphatic rings. The molecule has 8 heteroatoms. The van der Waals surface area contributed by atoms with Crippen LogP contribution in [0.3, 0.4) is 0 Å². The van der Waals surface area contributed by atoms with Crippen molar-refractivity contribution in [3.63, 3.8) is 0 Å². The van der Waals surface area contributed by atoms with Crippen LogP contribution in [-0.2, 0) is 5.75 Å². The molecule has 23 heavy (non-hydrogen) atoms. The molecule has 3 aromatic heterocycles. The lowest BCUT2D eigenvalue weighted by atomic mass is 10.2. The standard InChI is InChI=1S/C15H10ClN3O2S2/c1-8-6-9(19-21-8)7-22-15-18-17-14(20-15)13-12(16)10-4-2-3-5-11(10)23-13/h2-6H,7H2,1H3. The molecule has 1 aromatic carbocycles. The van der Waals surface area contributed by atoms with E-state index in [1.54, 1.807) is 11.3 Å². The van der Waals surface area contributed by atoms with E-state index in [0.29, 0.717) is 21.9 Å². The van der Waals surface area contributed by atoms with Gasteiger partial charge in [0.25, 0.3) is 11.1 Å². The van der Waals surface area contributed by atoms with E-state index in [0.717, 1.165) is 26.4 Å². The lowest BCUT2D eigenvalue weighted by Gasteiger charge is -1.91. The number of fused-ring (bicyclic) bond motifs is 1. The molecule has 0 spiro atoms. The van der Waals surface area contributed by atoms with Crippen LogP contribution in [0.4, 0.5) is 0 Å². The molecule has 0 aliphatic carbocycles. The van der Waals surface area contributed by atoms with E-state index in [-0.39, 0.29) is 0 Å². The number of aromatic nitrogens is 3. The van der Waals surface area contributed by atoms with Crippen molar-refractivity contribution in [1.82, 2.24) is 15.4 Å². The quantitative estimate of drug-likeness (QED) is 0.465. The minimum absolute atomic E-state index is 0.440. The zero-order valence-electron chi connectivity index (χ0n) is 11.9. The minimum atomic E-state index is 0.440. The van der Waals surface area contributed by atoms with Crippen LogP contribution in [0.1, 0.15) is 11.5 Å². The van der Waals surface area contributed by atoms with Gasteiger partial charge in [-0.05, 0) is 13.0 Å². The highest BCUT2D eigenvalue weighted by Gasteiger charge is 2.18. The van der Waals surface area contributed by atoms with Crippen molar-refractivity contribution in [3.05, 3.63) is 46.8 Å².